The molecule has 0 saturated heterocycles. The molecule has 0 amide bonds. The van der Waals surface area contributed by atoms with Crippen LogP contribution in [0, 0.1) is 0 Å². The van der Waals surface area contributed by atoms with Crippen molar-refractivity contribution in [3.63, 3.8) is 0 Å². The number of nitrogens with two attached hydrogens (primary N) is 1. The van der Waals surface area contributed by atoms with Crippen LogP contribution in [0.2, 0.25) is 0 Å². The summed E-state index contributed by atoms with van der Waals surface area (Å²) in [5.74, 6) is 1.61. The Bertz CT molecular complexity index is 272. The molecule has 0 aliphatic carbocycles. The van der Waals surface area contributed by atoms with E-state index in [2.05, 4.69) is 28.7 Å². The van der Waals surface area contributed by atoms with Gasteiger partial charge in [0, 0.05) is 19.3 Å². The van der Waals surface area contributed by atoms with E-state index in [0.29, 0.717) is 18.4 Å². The smallest absolute Gasteiger partial charge is 0.144 e. The van der Waals surface area contributed by atoms with Crippen molar-refractivity contribution >= 4 is 5.82 Å². The summed E-state index contributed by atoms with van der Waals surface area (Å²) in [6.07, 6.45) is 1.74. The topological polar surface area (TPSA) is 55.0 Å². The van der Waals surface area contributed by atoms with Crippen molar-refractivity contribution in [2.24, 2.45) is 5.73 Å². The second kappa shape index (κ2) is 4.18. The molecular formula is C9H16N4. The molecule has 0 spiro atoms. The summed E-state index contributed by atoms with van der Waals surface area (Å²) in [6.45, 7) is 4.62. The van der Waals surface area contributed by atoms with Gasteiger partial charge in [-0.15, -0.1) is 0 Å². The van der Waals surface area contributed by atoms with Crippen LogP contribution in [0.4, 0.5) is 5.82 Å². The number of aromatic nitrogens is 2. The highest BCUT2D eigenvalue weighted by molar-refractivity contribution is 5.37. The van der Waals surface area contributed by atoms with Crippen LogP contribution < -0.4 is 10.6 Å². The summed E-state index contributed by atoms with van der Waals surface area (Å²) in [6, 6.07) is 2.32. The van der Waals surface area contributed by atoms with Gasteiger partial charge in [-0.05, 0) is 19.9 Å². The average Bonchev–Trinajstić information content (AvgIpc) is 2.16. The molecule has 0 bridgehead atoms. The van der Waals surface area contributed by atoms with Gasteiger partial charge in [0.25, 0.3) is 0 Å². The zero-order valence-electron chi connectivity index (χ0n) is 8.36. The van der Waals surface area contributed by atoms with Crippen LogP contribution in [-0.4, -0.2) is 23.1 Å². The Morgan fingerprint density at radius 2 is 2.23 bits per heavy atom. The maximum absolute atomic E-state index is 5.45. The van der Waals surface area contributed by atoms with Gasteiger partial charge in [0.15, 0.2) is 0 Å². The van der Waals surface area contributed by atoms with Crippen LogP contribution in [0.3, 0.4) is 0 Å². The zero-order chi connectivity index (χ0) is 9.84. The van der Waals surface area contributed by atoms with Gasteiger partial charge < -0.3 is 10.6 Å². The molecular weight excluding hydrogens is 164 g/mol. The third-order valence-corrected chi connectivity index (χ3v) is 2.01. The van der Waals surface area contributed by atoms with Crippen LogP contribution in [0.25, 0.3) is 0 Å². The molecule has 0 radical (unpaired) electrons. The minimum absolute atomic E-state index is 0.389. The summed E-state index contributed by atoms with van der Waals surface area (Å²) >= 11 is 0. The van der Waals surface area contributed by atoms with Crippen LogP contribution in [0.1, 0.15) is 19.7 Å². The third kappa shape index (κ3) is 2.39. The first-order chi connectivity index (χ1) is 6.15. The van der Waals surface area contributed by atoms with Gasteiger partial charge in [-0.1, -0.05) is 0 Å². The number of hydrogen-bond donors (Lipinski definition) is 1. The van der Waals surface area contributed by atoms with Crippen LogP contribution >= 0.6 is 0 Å². The first-order valence-electron chi connectivity index (χ1n) is 4.40. The van der Waals surface area contributed by atoms with E-state index < -0.39 is 0 Å². The lowest BCUT2D eigenvalue weighted by molar-refractivity contribution is 0.734. The molecule has 0 aliphatic heterocycles. The number of hydrogen-bond acceptors (Lipinski definition) is 4. The Labute approximate surface area is 78.8 Å². The Balaban J connectivity index is 2.88. The molecule has 0 saturated carbocycles. The van der Waals surface area contributed by atoms with Crippen molar-refractivity contribution in [3.05, 3.63) is 18.1 Å². The molecule has 4 heteroatoms. The number of anilines is 1. The summed E-state index contributed by atoms with van der Waals surface area (Å²) in [5.41, 5.74) is 5.45. The maximum Gasteiger partial charge on any atom is 0.144 e. The molecule has 1 rings (SSSR count). The minimum atomic E-state index is 0.389. The predicted molar refractivity (Wildman–Crippen MR) is 53.5 cm³/mol. The van der Waals surface area contributed by atoms with Crippen molar-refractivity contribution in [1.29, 1.82) is 0 Å². The Hall–Kier alpha value is -1.16. The summed E-state index contributed by atoms with van der Waals surface area (Å²) in [7, 11) is 2.01. The van der Waals surface area contributed by atoms with Gasteiger partial charge in [-0.2, -0.15) is 0 Å². The van der Waals surface area contributed by atoms with Gasteiger partial charge >= 0.3 is 0 Å². The van der Waals surface area contributed by atoms with Crippen molar-refractivity contribution in [3.8, 4) is 0 Å². The highest BCUT2D eigenvalue weighted by Crippen LogP contribution is 2.10. The molecule has 4 nitrogen and oxygen atoms in total. The van der Waals surface area contributed by atoms with Crippen LogP contribution in [-0.2, 0) is 6.54 Å². The van der Waals surface area contributed by atoms with E-state index in [1.165, 1.54) is 0 Å². The first kappa shape index (κ1) is 9.92. The lowest BCUT2D eigenvalue weighted by Crippen LogP contribution is -2.27. The maximum atomic E-state index is 5.45. The van der Waals surface area contributed by atoms with Gasteiger partial charge in [0.05, 0.1) is 6.54 Å². The summed E-state index contributed by atoms with van der Waals surface area (Å²) in [4.78, 5) is 10.4. The summed E-state index contributed by atoms with van der Waals surface area (Å²) in [5, 5.41) is 0. The number of nitrogens with zero attached hydrogens (tertiary/aromatic N) is 3. The Morgan fingerprint density at radius 3 is 2.77 bits per heavy atom. The Kier molecular flexibility index (Phi) is 3.19. The lowest BCUT2D eigenvalue weighted by Gasteiger charge is -2.22. The largest absolute Gasteiger partial charge is 0.357 e. The van der Waals surface area contributed by atoms with Crippen molar-refractivity contribution in [2.75, 3.05) is 11.9 Å². The van der Waals surface area contributed by atoms with E-state index in [1.54, 1.807) is 6.20 Å². The fourth-order valence-corrected chi connectivity index (χ4v) is 0.948. The highest BCUT2D eigenvalue weighted by Gasteiger charge is 2.06. The van der Waals surface area contributed by atoms with E-state index in [1.807, 2.05) is 13.1 Å². The van der Waals surface area contributed by atoms with E-state index in [4.69, 9.17) is 5.73 Å². The molecule has 0 aromatic carbocycles. The van der Waals surface area contributed by atoms with Crippen molar-refractivity contribution < 1.29 is 0 Å². The molecule has 2 N–H and O–H groups in total. The standard InChI is InChI=1S/C9H16N4/c1-7(2)13(3)9-4-5-11-8(6-10)12-9/h4-5,7H,6,10H2,1-3H3. The molecule has 0 atom stereocenters. The second-order valence-electron chi connectivity index (χ2n) is 3.24. The molecule has 1 aromatic heterocycles. The van der Waals surface area contributed by atoms with Crippen LogP contribution in [0.15, 0.2) is 12.3 Å². The van der Waals surface area contributed by atoms with Gasteiger partial charge in [-0.25, -0.2) is 9.97 Å². The molecule has 0 fully saturated rings. The fourth-order valence-electron chi connectivity index (χ4n) is 0.948. The molecule has 13 heavy (non-hydrogen) atoms. The highest BCUT2D eigenvalue weighted by atomic mass is 15.2. The minimum Gasteiger partial charge on any atom is -0.357 e. The average molecular weight is 180 g/mol. The second-order valence-corrected chi connectivity index (χ2v) is 3.24. The molecule has 0 aliphatic rings. The normalized spacial score (nSPS) is 10.5. The van der Waals surface area contributed by atoms with Gasteiger partial charge in [-0.3, -0.25) is 0 Å². The number of rotatable bonds is 3. The fraction of sp³-hybridized carbons (Fsp3) is 0.556. The van der Waals surface area contributed by atoms with E-state index in [-0.39, 0.29) is 0 Å². The Morgan fingerprint density at radius 1 is 1.54 bits per heavy atom. The van der Waals surface area contributed by atoms with E-state index in [0.717, 1.165) is 5.82 Å². The van der Waals surface area contributed by atoms with E-state index >= 15 is 0 Å². The SMILES string of the molecule is CC(C)N(C)c1ccnc(CN)n1. The lowest BCUT2D eigenvalue weighted by atomic mass is 10.3. The van der Waals surface area contributed by atoms with Crippen LogP contribution in [0.5, 0.6) is 0 Å². The van der Waals surface area contributed by atoms with Gasteiger partial charge in [0.2, 0.25) is 0 Å². The van der Waals surface area contributed by atoms with E-state index in [9.17, 15) is 0 Å². The quantitative estimate of drug-likeness (QED) is 0.746. The third-order valence-electron chi connectivity index (χ3n) is 2.01. The molecule has 0 unspecified atom stereocenters. The first-order valence-corrected chi connectivity index (χ1v) is 4.40. The molecule has 72 valence electrons. The molecule has 1 aromatic rings. The van der Waals surface area contributed by atoms with Gasteiger partial charge in [0.1, 0.15) is 11.6 Å². The summed E-state index contributed by atoms with van der Waals surface area (Å²) < 4.78 is 0. The monoisotopic (exact) mass is 180 g/mol. The van der Waals surface area contributed by atoms with Crippen molar-refractivity contribution in [2.45, 2.75) is 26.4 Å². The zero-order valence-corrected chi connectivity index (χ0v) is 8.36. The predicted octanol–water partition coefficient (Wildman–Crippen LogP) is 0.780. The molecule has 1 heterocycles. The van der Waals surface area contributed by atoms with Crippen molar-refractivity contribution in [1.82, 2.24) is 9.97 Å².